The van der Waals surface area contributed by atoms with Crippen molar-refractivity contribution in [3.63, 3.8) is 0 Å². The molecule has 152 valence electrons. The first-order chi connectivity index (χ1) is 14.3. The van der Waals surface area contributed by atoms with Crippen molar-refractivity contribution in [3.8, 4) is 0 Å². The van der Waals surface area contributed by atoms with Crippen LogP contribution in [0.4, 0.5) is 5.69 Å². The number of aryl methyl sites for hydroxylation is 3. The summed E-state index contributed by atoms with van der Waals surface area (Å²) in [4.78, 5) is 28.1. The van der Waals surface area contributed by atoms with Gasteiger partial charge in [-0.25, -0.2) is 0 Å². The number of aliphatic hydroxyl groups is 1. The summed E-state index contributed by atoms with van der Waals surface area (Å²) in [6.45, 7) is 6.14. The number of amides is 1. The normalized spacial score (nSPS) is 17.9. The summed E-state index contributed by atoms with van der Waals surface area (Å²) < 4.78 is 0. The lowest BCUT2D eigenvalue weighted by molar-refractivity contribution is -0.136. The van der Waals surface area contributed by atoms with Gasteiger partial charge in [0.2, 0.25) is 0 Å². The van der Waals surface area contributed by atoms with Crippen LogP contribution in [-0.4, -0.2) is 16.8 Å². The Morgan fingerprint density at radius 1 is 0.933 bits per heavy atom. The zero-order chi connectivity index (χ0) is 21.5. The summed E-state index contributed by atoms with van der Waals surface area (Å²) in [5.74, 6) is -0.693. The molecule has 0 bridgehead atoms. The molecular weight excluding hydrogens is 374 g/mol. The molecule has 4 heteroatoms. The molecule has 0 aliphatic carbocycles. The maximum Gasteiger partial charge on any atom is 0.264 e. The van der Waals surface area contributed by atoms with E-state index in [2.05, 4.69) is 0 Å². The van der Waals surface area contributed by atoms with Crippen molar-refractivity contribution in [2.45, 2.75) is 39.3 Å². The van der Waals surface area contributed by atoms with E-state index in [9.17, 15) is 14.7 Å². The van der Waals surface area contributed by atoms with Crippen LogP contribution in [0.5, 0.6) is 0 Å². The maximum atomic E-state index is 13.4. The second-order valence-electron chi connectivity index (χ2n) is 8.17. The van der Waals surface area contributed by atoms with Gasteiger partial charge in [0, 0.05) is 11.1 Å². The number of hydrogen-bond acceptors (Lipinski definition) is 3. The van der Waals surface area contributed by atoms with Gasteiger partial charge in [0.1, 0.15) is 0 Å². The number of nitrogens with zero attached hydrogens (tertiary/aromatic N) is 1. The molecule has 4 nitrogen and oxygen atoms in total. The van der Waals surface area contributed by atoms with Gasteiger partial charge in [-0.2, -0.15) is 0 Å². The minimum atomic E-state index is -1.87. The molecule has 3 aromatic carbocycles. The lowest BCUT2D eigenvalue weighted by Gasteiger charge is -2.23. The third-order valence-corrected chi connectivity index (χ3v) is 5.81. The van der Waals surface area contributed by atoms with E-state index in [0.717, 1.165) is 22.3 Å². The lowest BCUT2D eigenvalue weighted by Crippen LogP contribution is -2.41. The Labute approximate surface area is 176 Å². The van der Waals surface area contributed by atoms with E-state index in [1.807, 2.05) is 75.4 Å². The molecule has 4 rings (SSSR count). The summed E-state index contributed by atoms with van der Waals surface area (Å²) in [6, 6.07) is 20.8. The molecule has 0 saturated carbocycles. The minimum absolute atomic E-state index is 0.237. The molecule has 1 amide bonds. The molecule has 0 fully saturated rings. The molecule has 1 aliphatic heterocycles. The predicted octanol–water partition coefficient (Wildman–Crippen LogP) is 4.62. The van der Waals surface area contributed by atoms with Crippen LogP contribution in [0.2, 0.25) is 0 Å². The maximum absolute atomic E-state index is 13.4. The van der Waals surface area contributed by atoms with E-state index in [4.69, 9.17) is 0 Å². The topological polar surface area (TPSA) is 57.6 Å². The largest absolute Gasteiger partial charge is 0.375 e. The molecule has 1 aliphatic rings. The van der Waals surface area contributed by atoms with E-state index in [-0.39, 0.29) is 12.2 Å². The van der Waals surface area contributed by atoms with Crippen LogP contribution in [0.15, 0.2) is 66.7 Å². The number of hydrogen-bond donors (Lipinski definition) is 1. The SMILES string of the molecule is Cc1ccc(CN2C(=O)C(O)(CC(=O)c3cc(C)ccc3C)c3ccccc32)cc1. The number of fused-ring (bicyclic) bond motifs is 1. The van der Waals surface area contributed by atoms with Gasteiger partial charge in [-0.1, -0.05) is 65.7 Å². The number of rotatable bonds is 5. The number of Topliss-reactive ketones (excluding diaryl/α,β-unsaturated/α-hetero) is 1. The van der Waals surface area contributed by atoms with Gasteiger partial charge in [-0.05, 0) is 44.0 Å². The third kappa shape index (κ3) is 3.44. The molecule has 0 aromatic heterocycles. The zero-order valence-corrected chi connectivity index (χ0v) is 17.5. The molecule has 3 aromatic rings. The number of anilines is 1. The number of carbonyl (C=O) groups excluding carboxylic acids is 2. The fourth-order valence-corrected chi connectivity index (χ4v) is 4.07. The van der Waals surface area contributed by atoms with E-state index in [1.54, 1.807) is 17.0 Å². The fraction of sp³-hybridized carbons (Fsp3) is 0.231. The molecule has 1 atom stereocenters. The van der Waals surface area contributed by atoms with Crippen LogP contribution in [-0.2, 0) is 16.9 Å². The summed E-state index contributed by atoms with van der Waals surface area (Å²) in [6.07, 6.45) is -0.280. The van der Waals surface area contributed by atoms with Gasteiger partial charge in [0.05, 0.1) is 18.7 Å². The van der Waals surface area contributed by atoms with Gasteiger partial charge in [0.15, 0.2) is 11.4 Å². The predicted molar refractivity (Wildman–Crippen MR) is 118 cm³/mol. The van der Waals surface area contributed by atoms with Gasteiger partial charge in [0.25, 0.3) is 5.91 Å². The first-order valence-corrected chi connectivity index (χ1v) is 10.1. The molecule has 1 unspecified atom stereocenters. The highest BCUT2D eigenvalue weighted by atomic mass is 16.3. The minimum Gasteiger partial charge on any atom is -0.375 e. The van der Waals surface area contributed by atoms with E-state index < -0.39 is 11.5 Å². The Bertz CT molecular complexity index is 1130. The summed E-state index contributed by atoms with van der Waals surface area (Å²) in [5.41, 5.74) is 3.73. The first-order valence-electron chi connectivity index (χ1n) is 10.1. The first kappa shape index (κ1) is 20.0. The quantitative estimate of drug-likeness (QED) is 0.637. The Hall–Kier alpha value is -3.24. The van der Waals surface area contributed by atoms with Crippen molar-refractivity contribution in [1.29, 1.82) is 0 Å². The van der Waals surface area contributed by atoms with Crippen LogP contribution in [0.25, 0.3) is 0 Å². The standard InChI is InChI=1S/C26H25NO3/c1-17-9-12-20(13-10-17)16-27-23-7-5-4-6-22(23)26(30,25(27)29)15-24(28)21-14-18(2)8-11-19(21)3/h4-14,30H,15-16H2,1-3H3. The van der Waals surface area contributed by atoms with Crippen LogP contribution in [0.1, 0.15) is 44.6 Å². The van der Waals surface area contributed by atoms with Gasteiger partial charge in [-0.3, -0.25) is 9.59 Å². The number of ketones is 1. The zero-order valence-electron chi connectivity index (χ0n) is 17.5. The Balaban J connectivity index is 1.69. The summed E-state index contributed by atoms with van der Waals surface area (Å²) in [5, 5.41) is 11.5. The highest BCUT2D eigenvalue weighted by Crippen LogP contribution is 2.43. The number of carbonyl (C=O) groups is 2. The Kier molecular flexibility index (Phi) is 5.04. The molecule has 0 radical (unpaired) electrons. The highest BCUT2D eigenvalue weighted by molar-refractivity contribution is 6.11. The molecule has 1 heterocycles. The summed E-state index contributed by atoms with van der Waals surface area (Å²) >= 11 is 0. The summed E-state index contributed by atoms with van der Waals surface area (Å²) in [7, 11) is 0. The van der Waals surface area contributed by atoms with Gasteiger partial charge < -0.3 is 10.0 Å². The average molecular weight is 399 g/mol. The number of para-hydroxylation sites is 1. The lowest BCUT2D eigenvalue weighted by atomic mass is 9.87. The van der Waals surface area contributed by atoms with Crippen LogP contribution >= 0.6 is 0 Å². The van der Waals surface area contributed by atoms with E-state index >= 15 is 0 Å². The van der Waals surface area contributed by atoms with Crippen LogP contribution < -0.4 is 4.90 Å². The third-order valence-electron chi connectivity index (χ3n) is 5.81. The second kappa shape index (κ2) is 7.54. The Morgan fingerprint density at radius 3 is 2.33 bits per heavy atom. The van der Waals surface area contributed by atoms with Crippen LogP contribution in [0, 0.1) is 20.8 Å². The Morgan fingerprint density at radius 2 is 1.60 bits per heavy atom. The van der Waals surface area contributed by atoms with E-state index in [0.29, 0.717) is 23.4 Å². The monoisotopic (exact) mass is 399 g/mol. The smallest absolute Gasteiger partial charge is 0.264 e. The second-order valence-corrected chi connectivity index (χ2v) is 8.17. The highest BCUT2D eigenvalue weighted by Gasteiger charge is 2.50. The molecule has 0 saturated heterocycles. The van der Waals surface area contributed by atoms with Gasteiger partial charge in [-0.15, -0.1) is 0 Å². The van der Waals surface area contributed by atoms with Crippen LogP contribution in [0.3, 0.4) is 0 Å². The molecule has 0 spiro atoms. The van der Waals surface area contributed by atoms with Crippen molar-refractivity contribution in [2.75, 3.05) is 4.90 Å². The number of benzene rings is 3. The van der Waals surface area contributed by atoms with Crippen molar-refractivity contribution in [3.05, 3.63) is 100 Å². The molecule has 30 heavy (non-hydrogen) atoms. The molecule has 1 N–H and O–H groups in total. The van der Waals surface area contributed by atoms with E-state index in [1.165, 1.54) is 0 Å². The van der Waals surface area contributed by atoms with Crippen molar-refractivity contribution in [2.24, 2.45) is 0 Å². The fourth-order valence-electron chi connectivity index (χ4n) is 4.07. The van der Waals surface area contributed by atoms with Crippen molar-refractivity contribution >= 4 is 17.4 Å². The molecular formula is C26H25NO3. The van der Waals surface area contributed by atoms with Crippen molar-refractivity contribution < 1.29 is 14.7 Å². The average Bonchev–Trinajstić information content (AvgIpc) is 2.93. The van der Waals surface area contributed by atoms with Gasteiger partial charge >= 0.3 is 0 Å². The van der Waals surface area contributed by atoms with Crippen molar-refractivity contribution in [1.82, 2.24) is 0 Å².